The van der Waals surface area contributed by atoms with E-state index in [4.69, 9.17) is 4.74 Å². The molecule has 0 saturated heterocycles. The Hall–Kier alpha value is -1.02. The van der Waals surface area contributed by atoms with Crippen LogP contribution in [0.3, 0.4) is 0 Å². The highest BCUT2D eigenvalue weighted by molar-refractivity contribution is 5.39. The van der Waals surface area contributed by atoms with Crippen molar-refractivity contribution in [3.05, 3.63) is 29.3 Å². The Morgan fingerprint density at radius 3 is 2.67 bits per heavy atom. The van der Waals surface area contributed by atoms with E-state index in [1.165, 1.54) is 36.8 Å². The lowest BCUT2D eigenvalue weighted by molar-refractivity contribution is 0.295. The predicted molar refractivity (Wildman–Crippen MR) is 90.2 cm³/mol. The summed E-state index contributed by atoms with van der Waals surface area (Å²) in [6.45, 7) is 6.62. The Balaban J connectivity index is 2.02. The second kappa shape index (κ2) is 7.84. The van der Waals surface area contributed by atoms with Crippen LogP contribution in [-0.4, -0.2) is 32.1 Å². The molecule has 21 heavy (non-hydrogen) atoms. The van der Waals surface area contributed by atoms with Crippen LogP contribution in [0.5, 0.6) is 5.75 Å². The summed E-state index contributed by atoms with van der Waals surface area (Å²) in [5.74, 6) is 2.51. The zero-order chi connectivity index (χ0) is 15.2. The zero-order valence-corrected chi connectivity index (χ0v) is 14.2. The smallest absolute Gasteiger partial charge is 0.122 e. The van der Waals surface area contributed by atoms with Gasteiger partial charge in [-0.2, -0.15) is 0 Å². The molecule has 2 nitrogen and oxygen atoms in total. The standard InChI is InChI=1S/C19H31NO/c1-5-15(2)18-13-16(7-6-12-20(3)4)10-11-19(18)21-14-17-8-9-17/h10-11,13,15,17H,5-9,12,14H2,1-4H3. The SMILES string of the molecule is CCC(C)c1cc(CCCN(C)C)ccc1OCC1CC1. The third kappa shape index (κ3) is 5.35. The lowest BCUT2D eigenvalue weighted by atomic mass is 9.94. The van der Waals surface area contributed by atoms with Crippen molar-refractivity contribution in [1.29, 1.82) is 0 Å². The first kappa shape index (κ1) is 16.4. The molecular formula is C19H31NO. The lowest BCUT2D eigenvalue weighted by Gasteiger charge is -2.18. The molecule has 2 rings (SSSR count). The molecule has 2 heteroatoms. The molecule has 1 fully saturated rings. The maximum Gasteiger partial charge on any atom is 0.122 e. The second-order valence-corrected chi connectivity index (χ2v) is 6.84. The molecule has 1 aromatic carbocycles. The van der Waals surface area contributed by atoms with E-state index in [2.05, 4.69) is 51.0 Å². The Bertz CT molecular complexity index is 437. The first-order chi connectivity index (χ1) is 10.1. The highest BCUT2D eigenvalue weighted by Crippen LogP contribution is 2.33. The first-order valence-electron chi connectivity index (χ1n) is 8.50. The molecule has 1 aliphatic rings. The maximum atomic E-state index is 6.07. The topological polar surface area (TPSA) is 12.5 Å². The molecule has 1 atom stereocenters. The summed E-state index contributed by atoms with van der Waals surface area (Å²) in [4.78, 5) is 2.25. The van der Waals surface area contributed by atoms with Crippen molar-refractivity contribution in [2.45, 2.75) is 51.9 Å². The third-order valence-corrected chi connectivity index (χ3v) is 4.46. The number of benzene rings is 1. The van der Waals surface area contributed by atoms with Crippen molar-refractivity contribution in [2.24, 2.45) is 5.92 Å². The van der Waals surface area contributed by atoms with Crippen molar-refractivity contribution < 1.29 is 4.74 Å². The third-order valence-electron chi connectivity index (χ3n) is 4.46. The van der Waals surface area contributed by atoms with Crippen LogP contribution in [-0.2, 0) is 6.42 Å². The summed E-state index contributed by atoms with van der Waals surface area (Å²) >= 11 is 0. The summed E-state index contributed by atoms with van der Waals surface area (Å²) in [6, 6.07) is 6.84. The Labute approximate surface area is 130 Å². The number of rotatable bonds is 9. The van der Waals surface area contributed by atoms with E-state index in [-0.39, 0.29) is 0 Å². The number of hydrogen-bond donors (Lipinski definition) is 0. The minimum atomic E-state index is 0.577. The summed E-state index contributed by atoms with van der Waals surface area (Å²) < 4.78 is 6.07. The van der Waals surface area contributed by atoms with E-state index in [1.54, 1.807) is 0 Å². The van der Waals surface area contributed by atoms with Gasteiger partial charge in [0.05, 0.1) is 6.61 Å². The molecular weight excluding hydrogens is 258 g/mol. The van der Waals surface area contributed by atoms with Gasteiger partial charge in [-0.25, -0.2) is 0 Å². The van der Waals surface area contributed by atoms with Crippen LogP contribution in [0.25, 0.3) is 0 Å². The van der Waals surface area contributed by atoms with Crippen molar-refractivity contribution in [3.63, 3.8) is 0 Å². The molecule has 118 valence electrons. The molecule has 0 spiro atoms. The fourth-order valence-electron chi connectivity index (χ4n) is 2.58. The fraction of sp³-hybridized carbons (Fsp3) is 0.684. The quantitative estimate of drug-likeness (QED) is 0.664. The van der Waals surface area contributed by atoms with Crippen LogP contribution in [0, 0.1) is 5.92 Å². The zero-order valence-electron chi connectivity index (χ0n) is 14.2. The van der Waals surface area contributed by atoms with Crippen molar-refractivity contribution in [1.82, 2.24) is 4.90 Å². The summed E-state index contributed by atoms with van der Waals surface area (Å²) in [5, 5.41) is 0. The van der Waals surface area contributed by atoms with Crippen molar-refractivity contribution in [2.75, 3.05) is 27.2 Å². The molecule has 0 radical (unpaired) electrons. The Morgan fingerprint density at radius 1 is 1.29 bits per heavy atom. The van der Waals surface area contributed by atoms with Gasteiger partial charge in [0, 0.05) is 0 Å². The van der Waals surface area contributed by atoms with Crippen LogP contribution in [0.1, 0.15) is 56.6 Å². The largest absolute Gasteiger partial charge is 0.493 e. The second-order valence-electron chi connectivity index (χ2n) is 6.84. The molecule has 0 N–H and O–H groups in total. The highest BCUT2D eigenvalue weighted by atomic mass is 16.5. The van der Waals surface area contributed by atoms with Crippen molar-refractivity contribution in [3.8, 4) is 5.75 Å². The molecule has 0 aliphatic heterocycles. The molecule has 0 amide bonds. The lowest BCUT2D eigenvalue weighted by Crippen LogP contribution is -2.13. The van der Waals surface area contributed by atoms with E-state index >= 15 is 0 Å². The van der Waals surface area contributed by atoms with E-state index in [9.17, 15) is 0 Å². The predicted octanol–water partition coefficient (Wildman–Crippen LogP) is 4.48. The van der Waals surface area contributed by atoms with Gasteiger partial charge >= 0.3 is 0 Å². The van der Waals surface area contributed by atoms with E-state index in [0.29, 0.717) is 5.92 Å². The Kier molecular flexibility index (Phi) is 6.10. The summed E-state index contributed by atoms with van der Waals surface area (Å²) in [5.41, 5.74) is 2.85. The summed E-state index contributed by atoms with van der Waals surface area (Å²) in [7, 11) is 4.28. The molecule has 1 aliphatic carbocycles. The Morgan fingerprint density at radius 2 is 2.05 bits per heavy atom. The molecule has 0 bridgehead atoms. The normalized spacial score (nSPS) is 16.2. The first-order valence-corrected chi connectivity index (χ1v) is 8.50. The van der Waals surface area contributed by atoms with Crippen LogP contribution in [0.15, 0.2) is 18.2 Å². The number of hydrogen-bond acceptors (Lipinski definition) is 2. The van der Waals surface area contributed by atoms with Gasteiger partial charge in [0.15, 0.2) is 0 Å². The van der Waals surface area contributed by atoms with E-state index < -0.39 is 0 Å². The number of nitrogens with zero attached hydrogens (tertiary/aromatic N) is 1. The molecule has 1 saturated carbocycles. The molecule has 1 aromatic rings. The van der Waals surface area contributed by atoms with Gasteiger partial charge in [-0.3, -0.25) is 0 Å². The average Bonchev–Trinajstić information content (AvgIpc) is 3.28. The van der Waals surface area contributed by atoms with Crippen LogP contribution in [0.4, 0.5) is 0 Å². The van der Waals surface area contributed by atoms with Gasteiger partial charge in [-0.1, -0.05) is 26.0 Å². The van der Waals surface area contributed by atoms with Crippen molar-refractivity contribution >= 4 is 0 Å². The van der Waals surface area contributed by atoms with Gasteiger partial charge in [0.25, 0.3) is 0 Å². The van der Waals surface area contributed by atoms with Gasteiger partial charge in [-0.15, -0.1) is 0 Å². The van der Waals surface area contributed by atoms with Gasteiger partial charge < -0.3 is 9.64 Å². The van der Waals surface area contributed by atoms with E-state index in [1.807, 2.05) is 0 Å². The number of aryl methyl sites for hydroxylation is 1. The van der Waals surface area contributed by atoms with Crippen LogP contribution in [0.2, 0.25) is 0 Å². The summed E-state index contributed by atoms with van der Waals surface area (Å²) in [6.07, 6.45) is 6.24. The highest BCUT2D eigenvalue weighted by Gasteiger charge is 2.22. The van der Waals surface area contributed by atoms with Crippen LogP contribution < -0.4 is 4.74 Å². The minimum absolute atomic E-state index is 0.577. The van der Waals surface area contributed by atoms with Gasteiger partial charge in [-0.05, 0) is 81.8 Å². The minimum Gasteiger partial charge on any atom is -0.493 e. The molecule has 0 aromatic heterocycles. The average molecular weight is 289 g/mol. The molecule has 0 heterocycles. The monoisotopic (exact) mass is 289 g/mol. The molecule has 1 unspecified atom stereocenters. The van der Waals surface area contributed by atoms with Gasteiger partial charge in [0.2, 0.25) is 0 Å². The maximum absolute atomic E-state index is 6.07. The number of ether oxygens (including phenoxy) is 1. The van der Waals surface area contributed by atoms with E-state index in [0.717, 1.165) is 31.2 Å². The fourth-order valence-corrected chi connectivity index (χ4v) is 2.58. The van der Waals surface area contributed by atoms with Gasteiger partial charge in [0.1, 0.15) is 5.75 Å². The van der Waals surface area contributed by atoms with Crippen LogP contribution >= 0.6 is 0 Å².